The molecule has 18 heavy (non-hydrogen) atoms. The molecule has 7 nitrogen and oxygen atoms in total. The maximum Gasteiger partial charge on any atom is 0.224 e. The summed E-state index contributed by atoms with van der Waals surface area (Å²) in [4.78, 5) is 12.1. The van der Waals surface area contributed by atoms with Gasteiger partial charge in [-0.15, -0.1) is 10.2 Å². The number of amides is 1. The van der Waals surface area contributed by atoms with Gasteiger partial charge in [0.2, 0.25) is 5.91 Å². The SMILES string of the molecule is CC(NC(=O)C(CN)CC(C)(C)C)c1nn[nH]n1. The Hall–Kier alpha value is -1.50. The number of hydrogen-bond donors (Lipinski definition) is 3. The fourth-order valence-electron chi connectivity index (χ4n) is 1.77. The third-order valence-corrected chi connectivity index (χ3v) is 2.62. The number of nitrogens with zero attached hydrogens (tertiary/aromatic N) is 3. The van der Waals surface area contributed by atoms with Crippen molar-refractivity contribution in [3.63, 3.8) is 0 Å². The monoisotopic (exact) mass is 254 g/mol. The molecule has 0 aliphatic carbocycles. The average Bonchev–Trinajstić information content (AvgIpc) is 2.77. The highest BCUT2D eigenvalue weighted by Crippen LogP contribution is 2.24. The summed E-state index contributed by atoms with van der Waals surface area (Å²) in [6.07, 6.45) is 0.744. The smallest absolute Gasteiger partial charge is 0.224 e. The van der Waals surface area contributed by atoms with Gasteiger partial charge in [-0.05, 0) is 18.8 Å². The molecule has 102 valence electrons. The van der Waals surface area contributed by atoms with E-state index >= 15 is 0 Å². The van der Waals surface area contributed by atoms with Crippen molar-refractivity contribution in [2.75, 3.05) is 6.54 Å². The van der Waals surface area contributed by atoms with Gasteiger partial charge in [-0.1, -0.05) is 26.0 Å². The van der Waals surface area contributed by atoms with Gasteiger partial charge >= 0.3 is 0 Å². The van der Waals surface area contributed by atoms with Crippen LogP contribution in [0.4, 0.5) is 0 Å². The second kappa shape index (κ2) is 5.90. The van der Waals surface area contributed by atoms with Crippen LogP contribution in [-0.4, -0.2) is 33.1 Å². The van der Waals surface area contributed by atoms with E-state index in [0.717, 1.165) is 6.42 Å². The lowest BCUT2D eigenvalue weighted by molar-refractivity contribution is -0.126. The standard InChI is InChI=1S/C11H22N6O/c1-7(9-14-16-17-15-9)13-10(18)8(6-12)5-11(2,3)4/h7-8H,5-6,12H2,1-4H3,(H,13,18)(H,14,15,16,17). The minimum Gasteiger partial charge on any atom is -0.346 e. The normalized spacial score (nSPS) is 15.2. The van der Waals surface area contributed by atoms with Crippen LogP contribution >= 0.6 is 0 Å². The molecule has 2 atom stereocenters. The summed E-state index contributed by atoms with van der Waals surface area (Å²) in [5.74, 6) is 0.207. The molecular formula is C11H22N6O. The molecule has 0 radical (unpaired) electrons. The zero-order valence-corrected chi connectivity index (χ0v) is 11.4. The summed E-state index contributed by atoms with van der Waals surface area (Å²) in [6.45, 7) is 8.41. The Morgan fingerprint density at radius 3 is 2.61 bits per heavy atom. The minimum atomic E-state index is -0.273. The van der Waals surface area contributed by atoms with Crippen LogP contribution in [0, 0.1) is 11.3 Å². The van der Waals surface area contributed by atoms with Crippen molar-refractivity contribution >= 4 is 5.91 Å². The van der Waals surface area contributed by atoms with E-state index in [1.54, 1.807) is 0 Å². The van der Waals surface area contributed by atoms with Crippen molar-refractivity contribution in [2.45, 2.75) is 40.2 Å². The van der Waals surface area contributed by atoms with Crippen LogP contribution in [0.5, 0.6) is 0 Å². The molecule has 0 aliphatic heterocycles. The van der Waals surface area contributed by atoms with Gasteiger partial charge in [-0.2, -0.15) is 5.21 Å². The number of carbonyl (C=O) groups is 1. The maximum absolute atomic E-state index is 12.1. The average molecular weight is 254 g/mol. The molecule has 0 aliphatic rings. The van der Waals surface area contributed by atoms with E-state index in [2.05, 4.69) is 46.7 Å². The summed E-state index contributed by atoms with van der Waals surface area (Å²) in [5, 5.41) is 16.3. The molecule has 0 saturated heterocycles. The molecule has 2 unspecified atom stereocenters. The van der Waals surface area contributed by atoms with E-state index in [-0.39, 0.29) is 23.3 Å². The number of aromatic amines is 1. The third kappa shape index (κ3) is 4.40. The van der Waals surface area contributed by atoms with Crippen LogP contribution in [-0.2, 0) is 4.79 Å². The second-order valence-electron chi connectivity index (χ2n) is 5.70. The van der Waals surface area contributed by atoms with Crippen LogP contribution in [0.15, 0.2) is 0 Å². The Bertz CT molecular complexity index is 369. The quantitative estimate of drug-likeness (QED) is 0.704. The predicted octanol–water partition coefficient (Wildman–Crippen LogP) is 0.388. The molecule has 0 aromatic carbocycles. The van der Waals surface area contributed by atoms with Crippen molar-refractivity contribution in [2.24, 2.45) is 17.1 Å². The molecule has 0 spiro atoms. The fourth-order valence-corrected chi connectivity index (χ4v) is 1.77. The Morgan fingerprint density at radius 2 is 2.17 bits per heavy atom. The van der Waals surface area contributed by atoms with E-state index in [1.165, 1.54) is 0 Å². The Labute approximate surface area is 107 Å². The van der Waals surface area contributed by atoms with E-state index < -0.39 is 0 Å². The van der Waals surface area contributed by atoms with Crippen molar-refractivity contribution in [3.8, 4) is 0 Å². The summed E-state index contributed by atoms with van der Waals surface area (Å²) in [6, 6.07) is -0.273. The number of H-pyrrole nitrogens is 1. The van der Waals surface area contributed by atoms with Crippen molar-refractivity contribution < 1.29 is 4.79 Å². The highest BCUT2D eigenvalue weighted by atomic mass is 16.2. The number of carbonyl (C=O) groups excluding carboxylic acids is 1. The Morgan fingerprint density at radius 1 is 1.50 bits per heavy atom. The molecule has 4 N–H and O–H groups in total. The molecule has 0 saturated carbocycles. The first kappa shape index (κ1) is 14.6. The highest BCUT2D eigenvalue weighted by molar-refractivity contribution is 5.79. The molecule has 1 amide bonds. The number of aromatic nitrogens is 4. The zero-order valence-electron chi connectivity index (χ0n) is 11.4. The zero-order chi connectivity index (χ0) is 13.8. The van der Waals surface area contributed by atoms with Gasteiger partial charge in [0.1, 0.15) is 0 Å². The summed E-state index contributed by atoms with van der Waals surface area (Å²) in [7, 11) is 0. The van der Waals surface area contributed by atoms with Gasteiger partial charge in [0, 0.05) is 6.54 Å². The molecule has 1 aromatic heterocycles. The molecule has 1 aromatic rings. The first-order valence-electron chi connectivity index (χ1n) is 6.07. The first-order chi connectivity index (χ1) is 8.33. The summed E-state index contributed by atoms with van der Waals surface area (Å²) in [5.41, 5.74) is 5.73. The number of nitrogens with two attached hydrogens (primary N) is 1. The van der Waals surface area contributed by atoms with E-state index in [0.29, 0.717) is 12.4 Å². The highest BCUT2D eigenvalue weighted by Gasteiger charge is 2.25. The number of hydrogen-bond acceptors (Lipinski definition) is 5. The van der Waals surface area contributed by atoms with Gasteiger partial charge in [-0.3, -0.25) is 4.79 Å². The minimum absolute atomic E-state index is 0.0651. The van der Waals surface area contributed by atoms with Gasteiger partial charge in [0.25, 0.3) is 0 Å². The Balaban J connectivity index is 2.57. The van der Waals surface area contributed by atoms with Crippen LogP contribution in [0.3, 0.4) is 0 Å². The Kier molecular flexibility index (Phi) is 4.77. The largest absolute Gasteiger partial charge is 0.346 e. The lowest BCUT2D eigenvalue weighted by Gasteiger charge is -2.25. The third-order valence-electron chi connectivity index (χ3n) is 2.62. The lowest BCUT2D eigenvalue weighted by Crippen LogP contribution is -2.38. The molecule has 1 heterocycles. The number of nitrogens with one attached hydrogen (secondary N) is 2. The van der Waals surface area contributed by atoms with Gasteiger partial charge in [0.15, 0.2) is 5.82 Å². The molecular weight excluding hydrogens is 232 g/mol. The van der Waals surface area contributed by atoms with Crippen LogP contribution in [0.1, 0.15) is 46.0 Å². The molecule has 7 heteroatoms. The molecule has 1 rings (SSSR count). The van der Waals surface area contributed by atoms with E-state index in [1.807, 2.05) is 6.92 Å². The van der Waals surface area contributed by atoms with E-state index in [4.69, 9.17) is 5.73 Å². The van der Waals surface area contributed by atoms with Crippen molar-refractivity contribution in [1.29, 1.82) is 0 Å². The number of tetrazole rings is 1. The van der Waals surface area contributed by atoms with E-state index in [9.17, 15) is 4.79 Å². The first-order valence-corrected chi connectivity index (χ1v) is 6.07. The second-order valence-corrected chi connectivity index (χ2v) is 5.70. The predicted molar refractivity (Wildman–Crippen MR) is 67.4 cm³/mol. The lowest BCUT2D eigenvalue weighted by atomic mass is 9.84. The fraction of sp³-hybridized carbons (Fsp3) is 0.818. The summed E-state index contributed by atoms with van der Waals surface area (Å²) >= 11 is 0. The van der Waals surface area contributed by atoms with Crippen molar-refractivity contribution in [3.05, 3.63) is 5.82 Å². The molecule has 0 fully saturated rings. The maximum atomic E-state index is 12.1. The van der Waals surface area contributed by atoms with Gasteiger partial charge in [-0.25, -0.2) is 0 Å². The summed E-state index contributed by atoms with van der Waals surface area (Å²) < 4.78 is 0. The topological polar surface area (TPSA) is 110 Å². The van der Waals surface area contributed by atoms with Crippen LogP contribution in [0.2, 0.25) is 0 Å². The van der Waals surface area contributed by atoms with Crippen molar-refractivity contribution in [1.82, 2.24) is 25.9 Å². The van der Waals surface area contributed by atoms with Gasteiger partial charge in [0.05, 0.1) is 12.0 Å². The van der Waals surface area contributed by atoms with Gasteiger partial charge < -0.3 is 11.1 Å². The molecule has 0 bridgehead atoms. The number of rotatable bonds is 5. The van der Waals surface area contributed by atoms with Crippen LogP contribution in [0.25, 0.3) is 0 Å². The van der Waals surface area contributed by atoms with Crippen LogP contribution < -0.4 is 11.1 Å².